The number of ketones is 1. The van der Waals surface area contributed by atoms with E-state index in [0.29, 0.717) is 21.6 Å². The minimum absolute atomic E-state index is 0.0607. The summed E-state index contributed by atoms with van der Waals surface area (Å²) in [6, 6.07) is 4.54. The molecule has 0 N–H and O–H groups in total. The van der Waals surface area contributed by atoms with Gasteiger partial charge in [0.05, 0.1) is 16.5 Å². The van der Waals surface area contributed by atoms with Gasteiger partial charge >= 0.3 is 6.18 Å². The molecule has 0 atom stereocenters. The maximum Gasteiger partial charge on any atom is 0.443 e. The first kappa shape index (κ1) is 15.0. The maximum atomic E-state index is 12.4. The Kier molecular flexibility index (Phi) is 4.14. The third kappa shape index (κ3) is 3.01. The summed E-state index contributed by atoms with van der Waals surface area (Å²) < 4.78 is 42.9. The van der Waals surface area contributed by atoms with Crippen molar-refractivity contribution in [2.45, 2.75) is 6.18 Å². The van der Waals surface area contributed by atoms with E-state index in [4.69, 9.17) is 4.74 Å². The summed E-state index contributed by atoms with van der Waals surface area (Å²) in [5.74, 6) is 0.0168. The summed E-state index contributed by atoms with van der Waals surface area (Å²) >= 11 is 3.54. The number of benzene rings is 1. The quantitative estimate of drug-likeness (QED) is 0.766. The lowest BCUT2D eigenvalue weighted by atomic mass is 10.1. The third-order valence-corrected chi connectivity index (χ3v) is 4.05. The number of aromatic nitrogens is 1. The highest BCUT2D eigenvalue weighted by Crippen LogP contribution is 2.33. The van der Waals surface area contributed by atoms with Gasteiger partial charge in [-0.05, 0) is 34.1 Å². The van der Waals surface area contributed by atoms with Crippen molar-refractivity contribution in [3.63, 3.8) is 0 Å². The normalized spacial score (nSPS) is 11.4. The molecule has 0 saturated carbocycles. The van der Waals surface area contributed by atoms with Gasteiger partial charge in [0.25, 0.3) is 0 Å². The number of carbonyl (C=O) groups is 1. The highest BCUT2D eigenvalue weighted by atomic mass is 79.9. The lowest BCUT2D eigenvalue weighted by Gasteiger charge is -2.04. The van der Waals surface area contributed by atoms with Gasteiger partial charge in [0.2, 0.25) is 5.78 Å². The second kappa shape index (κ2) is 5.53. The molecule has 1 aromatic heterocycles. The maximum absolute atomic E-state index is 12.4. The van der Waals surface area contributed by atoms with Crippen LogP contribution in [0.4, 0.5) is 13.2 Å². The lowest BCUT2D eigenvalue weighted by molar-refractivity contribution is -0.137. The molecule has 0 aliphatic heterocycles. The largest absolute Gasteiger partial charge is 0.496 e. The lowest BCUT2D eigenvalue weighted by Crippen LogP contribution is -2.03. The molecule has 1 aromatic carbocycles. The van der Waals surface area contributed by atoms with Crippen LogP contribution in [0.2, 0.25) is 0 Å². The molecule has 0 unspecified atom stereocenters. The van der Waals surface area contributed by atoms with Gasteiger partial charge in [-0.2, -0.15) is 13.2 Å². The molecule has 2 aromatic rings. The van der Waals surface area contributed by atoms with Crippen molar-refractivity contribution in [1.82, 2.24) is 4.98 Å². The number of halogens is 4. The van der Waals surface area contributed by atoms with E-state index < -0.39 is 17.0 Å². The van der Waals surface area contributed by atoms with Crippen LogP contribution < -0.4 is 4.74 Å². The Morgan fingerprint density at radius 2 is 2.10 bits per heavy atom. The zero-order valence-electron chi connectivity index (χ0n) is 9.99. The number of hydrogen-bond acceptors (Lipinski definition) is 4. The second-order valence-electron chi connectivity index (χ2n) is 3.71. The molecule has 0 fully saturated rings. The van der Waals surface area contributed by atoms with E-state index in [1.54, 1.807) is 6.07 Å². The van der Waals surface area contributed by atoms with Crippen LogP contribution in [0.25, 0.3) is 0 Å². The average molecular weight is 366 g/mol. The summed E-state index contributed by atoms with van der Waals surface area (Å²) in [6.45, 7) is 0. The minimum Gasteiger partial charge on any atom is -0.496 e. The van der Waals surface area contributed by atoms with Crippen LogP contribution in [0.5, 0.6) is 5.75 Å². The van der Waals surface area contributed by atoms with E-state index in [1.165, 1.54) is 19.2 Å². The molecule has 20 heavy (non-hydrogen) atoms. The van der Waals surface area contributed by atoms with Crippen molar-refractivity contribution in [3.05, 3.63) is 44.3 Å². The van der Waals surface area contributed by atoms with E-state index in [1.807, 2.05) is 0 Å². The Labute approximate surface area is 124 Å². The van der Waals surface area contributed by atoms with Gasteiger partial charge in [0, 0.05) is 11.8 Å². The van der Waals surface area contributed by atoms with E-state index in [9.17, 15) is 18.0 Å². The summed E-state index contributed by atoms with van der Waals surface area (Å²) in [4.78, 5) is 15.2. The number of nitrogens with zero attached hydrogens (tertiary/aromatic N) is 1. The molecular formula is C12H7BrF3NO2S. The van der Waals surface area contributed by atoms with Gasteiger partial charge in [0.15, 0.2) is 5.01 Å². The highest BCUT2D eigenvalue weighted by molar-refractivity contribution is 9.10. The van der Waals surface area contributed by atoms with Gasteiger partial charge in [-0.15, -0.1) is 11.3 Å². The first-order valence-corrected chi connectivity index (χ1v) is 6.85. The SMILES string of the molecule is COc1ccc(C(=O)c2cnc(C(F)(F)F)s2)cc1Br. The Morgan fingerprint density at radius 3 is 2.60 bits per heavy atom. The molecule has 0 aliphatic rings. The van der Waals surface area contributed by atoms with E-state index >= 15 is 0 Å². The highest BCUT2D eigenvalue weighted by Gasteiger charge is 2.35. The first-order valence-electron chi connectivity index (χ1n) is 5.24. The average Bonchev–Trinajstić information content (AvgIpc) is 2.87. The van der Waals surface area contributed by atoms with Crippen LogP contribution in [-0.4, -0.2) is 17.9 Å². The third-order valence-electron chi connectivity index (χ3n) is 2.39. The molecule has 0 saturated heterocycles. The summed E-state index contributed by atoms with van der Waals surface area (Å²) in [5, 5.41) is -1.03. The van der Waals surface area contributed by atoms with E-state index in [2.05, 4.69) is 20.9 Å². The number of thiazole rings is 1. The molecule has 0 aliphatic carbocycles. The van der Waals surface area contributed by atoms with Gasteiger partial charge in [-0.1, -0.05) is 0 Å². The van der Waals surface area contributed by atoms with Crippen LogP contribution in [-0.2, 0) is 6.18 Å². The molecule has 8 heteroatoms. The van der Waals surface area contributed by atoms with Gasteiger partial charge in [-0.25, -0.2) is 4.98 Å². The van der Waals surface area contributed by atoms with E-state index in [-0.39, 0.29) is 10.4 Å². The number of carbonyl (C=O) groups excluding carboxylic acids is 1. The van der Waals surface area contributed by atoms with Crippen molar-refractivity contribution >= 4 is 33.0 Å². The zero-order chi connectivity index (χ0) is 14.9. The Balaban J connectivity index is 2.32. The second-order valence-corrected chi connectivity index (χ2v) is 5.59. The Morgan fingerprint density at radius 1 is 1.40 bits per heavy atom. The molecule has 3 nitrogen and oxygen atoms in total. The van der Waals surface area contributed by atoms with Crippen LogP contribution >= 0.6 is 27.3 Å². The van der Waals surface area contributed by atoms with Crippen molar-refractivity contribution in [2.75, 3.05) is 7.11 Å². The number of ether oxygens (including phenoxy) is 1. The van der Waals surface area contributed by atoms with Crippen LogP contribution in [0.1, 0.15) is 20.2 Å². The fourth-order valence-corrected chi connectivity index (χ4v) is 2.75. The van der Waals surface area contributed by atoms with Crippen LogP contribution in [0.3, 0.4) is 0 Å². The molecule has 2 rings (SSSR count). The standard InChI is InChI=1S/C12H7BrF3NO2S/c1-19-8-3-2-6(4-7(8)13)10(18)9-5-17-11(20-9)12(14,15)16/h2-5H,1H3. The molecule has 1 heterocycles. The Hall–Kier alpha value is -1.41. The molecule has 0 amide bonds. The number of hydrogen-bond donors (Lipinski definition) is 0. The molecule has 0 bridgehead atoms. The first-order chi connectivity index (χ1) is 9.32. The van der Waals surface area contributed by atoms with Gasteiger partial charge in [-0.3, -0.25) is 4.79 Å². The number of alkyl halides is 3. The van der Waals surface area contributed by atoms with Crippen LogP contribution in [0, 0.1) is 0 Å². The fraction of sp³-hybridized carbons (Fsp3) is 0.167. The zero-order valence-corrected chi connectivity index (χ0v) is 12.4. The minimum atomic E-state index is -4.54. The van der Waals surface area contributed by atoms with Gasteiger partial charge < -0.3 is 4.74 Å². The smallest absolute Gasteiger partial charge is 0.443 e. The fourth-order valence-electron chi connectivity index (χ4n) is 1.46. The van der Waals surface area contributed by atoms with Gasteiger partial charge in [0.1, 0.15) is 5.75 Å². The van der Waals surface area contributed by atoms with Crippen molar-refractivity contribution in [3.8, 4) is 5.75 Å². The molecular weight excluding hydrogens is 359 g/mol. The van der Waals surface area contributed by atoms with Crippen molar-refractivity contribution in [2.24, 2.45) is 0 Å². The summed E-state index contributed by atoms with van der Waals surface area (Å²) in [5.41, 5.74) is 0.259. The predicted molar refractivity (Wildman–Crippen MR) is 71.2 cm³/mol. The predicted octanol–water partition coefficient (Wildman–Crippen LogP) is 4.16. The van der Waals surface area contributed by atoms with E-state index in [0.717, 1.165) is 6.20 Å². The number of methoxy groups -OCH3 is 1. The van der Waals surface area contributed by atoms with Crippen molar-refractivity contribution in [1.29, 1.82) is 0 Å². The van der Waals surface area contributed by atoms with Crippen LogP contribution in [0.15, 0.2) is 28.9 Å². The molecule has 106 valence electrons. The number of rotatable bonds is 3. The van der Waals surface area contributed by atoms with Crippen molar-refractivity contribution < 1.29 is 22.7 Å². The Bertz CT molecular complexity index is 654. The monoisotopic (exact) mass is 365 g/mol. The molecule has 0 radical (unpaired) electrons. The topological polar surface area (TPSA) is 39.2 Å². The summed E-state index contributed by atoms with van der Waals surface area (Å²) in [7, 11) is 1.47. The summed E-state index contributed by atoms with van der Waals surface area (Å²) in [6.07, 6.45) is -3.60. The molecule has 0 spiro atoms.